The molecule has 0 aromatic heterocycles. The molecule has 0 aromatic rings. The average molecular weight is 410 g/mol. The van der Waals surface area contributed by atoms with Gasteiger partial charge in [-0.05, 0) is 50.9 Å². The average Bonchev–Trinajstić information content (AvgIpc) is 2.64. The van der Waals surface area contributed by atoms with E-state index in [1.165, 1.54) is 6.26 Å². The number of aliphatic hydroxyl groups is 3. The van der Waals surface area contributed by atoms with E-state index in [2.05, 4.69) is 5.32 Å². The van der Waals surface area contributed by atoms with Crippen LogP contribution in [0.3, 0.4) is 0 Å². The van der Waals surface area contributed by atoms with Gasteiger partial charge in [0.25, 0.3) is 0 Å². The number of aliphatic hydroxyl groups excluding tert-OH is 3. The molecule has 4 unspecified atom stereocenters. The Labute approximate surface area is 160 Å². The van der Waals surface area contributed by atoms with Crippen LogP contribution in [-0.2, 0) is 14.6 Å². The first-order valence-electron chi connectivity index (χ1n) is 9.69. The fraction of sp³-hybridized carbons (Fsp3) is 0.944. The summed E-state index contributed by atoms with van der Waals surface area (Å²) in [7, 11) is -3.11. The number of sulfone groups is 1. The van der Waals surface area contributed by atoms with Crippen LogP contribution in [-0.4, -0.2) is 72.7 Å². The van der Waals surface area contributed by atoms with Crippen molar-refractivity contribution in [3.05, 3.63) is 0 Å². The number of hydrogen-bond donors (Lipinski definition) is 4. The second kappa shape index (κ2) is 9.62. The van der Waals surface area contributed by atoms with Crippen LogP contribution in [0.4, 0.5) is 4.39 Å². The van der Waals surface area contributed by atoms with Crippen LogP contribution in [0.25, 0.3) is 0 Å². The van der Waals surface area contributed by atoms with Crippen molar-refractivity contribution in [2.45, 2.75) is 68.4 Å². The zero-order valence-corrected chi connectivity index (χ0v) is 16.6. The summed E-state index contributed by atoms with van der Waals surface area (Å²) in [4.78, 5) is 12.4. The standard InChI is InChI=1S/C18H32FNO6S/c1-27(25,26)14-6-4-11(5-7-14)17(23)15(9-19)20-18(24)12-2-3-13(10-21)16(22)8-12/h11-17,21-23H,2-10H2,1H3,(H,20,24)/t11?,12?,13?,14?,15?,16?,17-/m0/s1. The highest BCUT2D eigenvalue weighted by molar-refractivity contribution is 7.91. The predicted octanol–water partition coefficient (Wildman–Crippen LogP) is 0.174. The van der Waals surface area contributed by atoms with Gasteiger partial charge in [-0.2, -0.15) is 0 Å². The first-order valence-corrected chi connectivity index (χ1v) is 11.6. The number of carbonyl (C=O) groups excluding carboxylic acids is 1. The van der Waals surface area contributed by atoms with E-state index in [9.17, 15) is 32.9 Å². The number of alkyl halides is 1. The lowest BCUT2D eigenvalue weighted by molar-refractivity contribution is -0.130. The Morgan fingerprint density at radius 3 is 2.30 bits per heavy atom. The van der Waals surface area contributed by atoms with Gasteiger partial charge in [0.15, 0.2) is 0 Å². The van der Waals surface area contributed by atoms with Crippen LogP contribution in [0.5, 0.6) is 0 Å². The minimum atomic E-state index is -3.11. The van der Waals surface area contributed by atoms with Crippen LogP contribution in [0.1, 0.15) is 44.9 Å². The zero-order valence-electron chi connectivity index (χ0n) is 15.8. The molecule has 0 heterocycles. The quantitative estimate of drug-likeness (QED) is 0.475. The largest absolute Gasteiger partial charge is 0.396 e. The number of nitrogens with one attached hydrogen (secondary N) is 1. The summed E-state index contributed by atoms with van der Waals surface area (Å²) < 4.78 is 36.8. The molecule has 0 bridgehead atoms. The summed E-state index contributed by atoms with van der Waals surface area (Å²) in [6.45, 7) is -1.04. The zero-order chi connectivity index (χ0) is 20.2. The molecule has 1 amide bonds. The van der Waals surface area contributed by atoms with E-state index in [-0.39, 0.29) is 24.9 Å². The molecule has 0 saturated heterocycles. The van der Waals surface area contributed by atoms with Crippen molar-refractivity contribution in [3.8, 4) is 0 Å². The highest BCUT2D eigenvalue weighted by Crippen LogP contribution is 2.32. The van der Waals surface area contributed by atoms with Crippen molar-refractivity contribution in [1.29, 1.82) is 0 Å². The summed E-state index contributed by atoms with van der Waals surface area (Å²) in [5.74, 6) is -1.34. The Hall–Kier alpha value is -0.770. The van der Waals surface area contributed by atoms with E-state index in [4.69, 9.17) is 0 Å². The van der Waals surface area contributed by atoms with Crippen molar-refractivity contribution in [2.24, 2.45) is 17.8 Å². The maximum atomic E-state index is 13.5. The van der Waals surface area contributed by atoms with Gasteiger partial charge in [0.2, 0.25) is 5.91 Å². The fourth-order valence-electron chi connectivity index (χ4n) is 4.36. The van der Waals surface area contributed by atoms with Crippen molar-refractivity contribution in [3.63, 3.8) is 0 Å². The summed E-state index contributed by atoms with van der Waals surface area (Å²) >= 11 is 0. The van der Waals surface area contributed by atoms with Gasteiger partial charge in [-0.25, -0.2) is 12.8 Å². The van der Waals surface area contributed by atoms with Gasteiger partial charge in [0, 0.05) is 24.7 Å². The Kier molecular flexibility index (Phi) is 8.03. The molecule has 5 atom stereocenters. The number of halogens is 1. The molecule has 27 heavy (non-hydrogen) atoms. The second-order valence-corrected chi connectivity index (χ2v) is 10.5. The van der Waals surface area contributed by atoms with Gasteiger partial charge in [-0.1, -0.05) is 0 Å². The number of amides is 1. The Morgan fingerprint density at radius 2 is 1.81 bits per heavy atom. The number of carbonyl (C=O) groups is 1. The third kappa shape index (κ3) is 5.85. The summed E-state index contributed by atoms with van der Waals surface area (Å²) in [6.07, 6.45) is 2.44. The summed E-state index contributed by atoms with van der Waals surface area (Å²) in [5.41, 5.74) is 0. The van der Waals surface area contributed by atoms with E-state index < -0.39 is 51.8 Å². The fourth-order valence-corrected chi connectivity index (χ4v) is 5.49. The van der Waals surface area contributed by atoms with Crippen molar-refractivity contribution >= 4 is 15.7 Å². The van der Waals surface area contributed by atoms with Gasteiger partial charge in [-0.3, -0.25) is 4.79 Å². The molecule has 2 saturated carbocycles. The lowest BCUT2D eigenvalue weighted by atomic mass is 9.79. The van der Waals surface area contributed by atoms with Crippen LogP contribution in [0.15, 0.2) is 0 Å². The van der Waals surface area contributed by atoms with Gasteiger partial charge in [-0.15, -0.1) is 0 Å². The van der Waals surface area contributed by atoms with E-state index in [1.807, 2.05) is 0 Å². The highest BCUT2D eigenvalue weighted by atomic mass is 32.2. The lowest BCUT2D eigenvalue weighted by Gasteiger charge is -2.35. The smallest absolute Gasteiger partial charge is 0.223 e. The maximum Gasteiger partial charge on any atom is 0.223 e. The van der Waals surface area contributed by atoms with Gasteiger partial charge in [0.05, 0.1) is 23.5 Å². The summed E-state index contributed by atoms with van der Waals surface area (Å²) in [6, 6.07) is -1.04. The van der Waals surface area contributed by atoms with E-state index in [0.717, 1.165) is 0 Å². The third-order valence-corrected chi connectivity index (χ3v) is 7.96. The Balaban J connectivity index is 1.88. The summed E-state index contributed by atoms with van der Waals surface area (Å²) in [5, 5.41) is 31.8. The first-order chi connectivity index (χ1) is 12.7. The molecule has 0 aromatic carbocycles. The van der Waals surface area contributed by atoms with Gasteiger partial charge >= 0.3 is 0 Å². The van der Waals surface area contributed by atoms with E-state index in [1.54, 1.807) is 0 Å². The second-order valence-electron chi connectivity index (χ2n) is 8.15. The molecular formula is C18H32FNO6S. The predicted molar refractivity (Wildman–Crippen MR) is 98.4 cm³/mol. The molecule has 2 rings (SSSR count). The molecule has 2 aliphatic rings. The van der Waals surface area contributed by atoms with Crippen molar-refractivity contribution < 1.29 is 32.9 Å². The highest BCUT2D eigenvalue weighted by Gasteiger charge is 2.37. The van der Waals surface area contributed by atoms with Gasteiger partial charge < -0.3 is 20.6 Å². The first kappa shape index (κ1) is 22.5. The Bertz CT molecular complexity index is 593. The lowest BCUT2D eigenvalue weighted by Crippen LogP contribution is -2.51. The van der Waals surface area contributed by atoms with E-state index in [0.29, 0.717) is 38.5 Å². The minimum Gasteiger partial charge on any atom is -0.396 e. The van der Waals surface area contributed by atoms with Crippen LogP contribution in [0, 0.1) is 17.8 Å². The number of rotatable bonds is 7. The molecule has 0 aliphatic heterocycles. The molecule has 2 aliphatic carbocycles. The molecule has 9 heteroatoms. The monoisotopic (exact) mass is 409 g/mol. The topological polar surface area (TPSA) is 124 Å². The molecule has 0 radical (unpaired) electrons. The van der Waals surface area contributed by atoms with E-state index >= 15 is 0 Å². The normalized spacial score (nSPS) is 34.6. The Morgan fingerprint density at radius 1 is 1.19 bits per heavy atom. The third-order valence-electron chi connectivity index (χ3n) is 6.27. The molecule has 4 N–H and O–H groups in total. The maximum absolute atomic E-state index is 13.5. The molecule has 158 valence electrons. The minimum absolute atomic E-state index is 0.128. The van der Waals surface area contributed by atoms with Crippen LogP contribution < -0.4 is 5.32 Å². The molecule has 0 spiro atoms. The molecular weight excluding hydrogens is 377 g/mol. The molecule has 7 nitrogen and oxygen atoms in total. The van der Waals surface area contributed by atoms with Crippen molar-refractivity contribution in [1.82, 2.24) is 5.32 Å². The van der Waals surface area contributed by atoms with Crippen molar-refractivity contribution in [2.75, 3.05) is 19.5 Å². The van der Waals surface area contributed by atoms with Gasteiger partial charge in [0.1, 0.15) is 16.5 Å². The molecule has 2 fully saturated rings. The number of hydrogen-bond acceptors (Lipinski definition) is 6. The van der Waals surface area contributed by atoms with Crippen LogP contribution >= 0.6 is 0 Å². The SMILES string of the molecule is CS(=O)(=O)C1CCC([C@H](O)C(CF)NC(=O)C2CCC(CO)C(O)C2)CC1. The van der Waals surface area contributed by atoms with Crippen LogP contribution in [0.2, 0.25) is 0 Å².